The number of aromatic nitrogens is 1. The number of likely N-dealkylation sites (tertiary alicyclic amines) is 1. The van der Waals surface area contributed by atoms with Crippen molar-refractivity contribution in [1.29, 1.82) is 0 Å². The highest BCUT2D eigenvalue weighted by atomic mass is 16.5. The van der Waals surface area contributed by atoms with Crippen LogP contribution in [0.4, 0.5) is 4.79 Å². The van der Waals surface area contributed by atoms with Crippen LogP contribution in [0.2, 0.25) is 0 Å². The van der Waals surface area contributed by atoms with E-state index in [1.807, 2.05) is 36.4 Å². The van der Waals surface area contributed by atoms with Gasteiger partial charge in [0.15, 0.2) is 11.7 Å². The lowest BCUT2D eigenvalue weighted by molar-refractivity contribution is -0.0815. The van der Waals surface area contributed by atoms with Gasteiger partial charge in [0.25, 0.3) is 0 Å². The zero-order valence-corrected chi connectivity index (χ0v) is 19.1. The minimum absolute atomic E-state index is 0.0584. The zero-order valence-electron chi connectivity index (χ0n) is 19.1. The third-order valence-electron chi connectivity index (χ3n) is 5.94. The number of rotatable bonds is 5. The Balaban J connectivity index is 1.60. The van der Waals surface area contributed by atoms with Crippen LogP contribution in [0.1, 0.15) is 38.5 Å². The van der Waals surface area contributed by atoms with E-state index in [-0.39, 0.29) is 23.7 Å². The van der Waals surface area contributed by atoms with Gasteiger partial charge < -0.3 is 19.2 Å². The van der Waals surface area contributed by atoms with Gasteiger partial charge in [0.2, 0.25) is 0 Å². The second-order valence-corrected chi connectivity index (χ2v) is 8.49. The molecule has 8 heteroatoms. The maximum absolute atomic E-state index is 12.4. The van der Waals surface area contributed by atoms with E-state index < -0.39 is 0 Å². The number of carbonyl (C=O) groups is 1. The quantitative estimate of drug-likeness (QED) is 0.413. The summed E-state index contributed by atoms with van der Waals surface area (Å²) >= 11 is 0. The van der Waals surface area contributed by atoms with Crippen LogP contribution in [0.15, 0.2) is 52.9 Å². The Morgan fingerprint density at radius 3 is 2.27 bits per heavy atom. The molecule has 2 amide bonds. The lowest BCUT2D eigenvalue weighted by atomic mass is 9.97. The number of oxazole rings is 1. The molecule has 2 aromatic carbocycles. The number of aromatic hydroxyl groups is 1. The van der Waals surface area contributed by atoms with E-state index in [2.05, 4.69) is 0 Å². The molecule has 2 N–H and O–H groups in total. The van der Waals surface area contributed by atoms with E-state index in [0.29, 0.717) is 43.3 Å². The van der Waals surface area contributed by atoms with Crippen molar-refractivity contribution in [1.82, 2.24) is 14.9 Å². The molecular formula is C25H29N3O5. The average Bonchev–Trinajstić information content (AvgIpc) is 3.29. The summed E-state index contributed by atoms with van der Waals surface area (Å²) in [6, 6.07) is 13.8. The van der Waals surface area contributed by atoms with E-state index in [4.69, 9.17) is 14.1 Å². The average molecular weight is 452 g/mol. The number of nitrogens with zero attached hydrogens (tertiary/aromatic N) is 3. The molecule has 1 fully saturated rings. The van der Waals surface area contributed by atoms with E-state index in [1.54, 1.807) is 38.0 Å². The Labute approximate surface area is 193 Å². The Bertz CT molecular complexity index is 1080. The number of piperidine rings is 1. The van der Waals surface area contributed by atoms with Gasteiger partial charge >= 0.3 is 6.03 Å². The van der Waals surface area contributed by atoms with E-state index in [1.165, 1.54) is 0 Å². The molecule has 2 heterocycles. The molecule has 33 heavy (non-hydrogen) atoms. The molecule has 3 aromatic rings. The van der Waals surface area contributed by atoms with Crippen LogP contribution in [0.5, 0.6) is 11.5 Å². The molecule has 1 aromatic heterocycles. The highest BCUT2D eigenvalue weighted by Gasteiger charge is 2.31. The van der Waals surface area contributed by atoms with Crippen LogP contribution in [0.25, 0.3) is 22.6 Å². The van der Waals surface area contributed by atoms with E-state index in [9.17, 15) is 15.1 Å². The van der Waals surface area contributed by atoms with Crippen molar-refractivity contribution in [3.63, 3.8) is 0 Å². The molecule has 0 bridgehead atoms. The van der Waals surface area contributed by atoms with Crippen LogP contribution < -0.4 is 4.74 Å². The van der Waals surface area contributed by atoms with Gasteiger partial charge in [0.05, 0.1) is 13.2 Å². The topological polar surface area (TPSA) is 99.3 Å². The summed E-state index contributed by atoms with van der Waals surface area (Å²) in [4.78, 5) is 18.9. The predicted octanol–water partition coefficient (Wildman–Crippen LogP) is 5.12. The minimum atomic E-state index is -0.375. The number of methoxy groups -OCH3 is 1. The number of phenolic OH excluding ortho intramolecular Hbond substituents is 1. The van der Waals surface area contributed by atoms with Gasteiger partial charge in [-0.15, -0.1) is 0 Å². The van der Waals surface area contributed by atoms with Crippen molar-refractivity contribution in [3.05, 3.63) is 54.4 Å². The highest BCUT2D eigenvalue weighted by molar-refractivity contribution is 5.77. The van der Waals surface area contributed by atoms with Crippen LogP contribution >= 0.6 is 0 Å². The predicted molar refractivity (Wildman–Crippen MR) is 123 cm³/mol. The van der Waals surface area contributed by atoms with Gasteiger partial charge in [0.1, 0.15) is 17.2 Å². The molecule has 1 saturated heterocycles. The van der Waals surface area contributed by atoms with Crippen LogP contribution in [-0.2, 0) is 0 Å². The van der Waals surface area contributed by atoms with Crippen molar-refractivity contribution >= 4 is 6.03 Å². The number of hydrogen-bond acceptors (Lipinski definition) is 6. The fourth-order valence-electron chi connectivity index (χ4n) is 3.95. The number of benzene rings is 2. The maximum Gasteiger partial charge on any atom is 0.343 e. The Hall–Kier alpha value is -3.52. The standard InChI is InChI=1S/C25H29N3O5/c1-16(2)28(31)25(30)27-14-12-19(13-15-27)24-26-22(17-4-8-20(29)9-5-17)23(33-24)18-6-10-21(32-3)11-7-18/h4-11,16,19,29,31H,12-15H2,1-3H3. The molecule has 1 aliphatic heterocycles. The first kappa shape index (κ1) is 22.7. The van der Waals surface area contributed by atoms with Crippen LogP contribution in [-0.4, -0.2) is 57.5 Å². The lowest BCUT2D eigenvalue weighted by Crippen LogP contribution is -2.47. The van der Waals surface area contributed by atoms with Crippen molar-refractivity contribution in [2.75, 3.05) is 20.2 Å². The largest absolute Gasteiger partial charge is 0.508 e. The monoisotopic (exact) mass is 451 g/mol. The molecular weight excluding hydrogens is 422 g/mol. The Morgan fingerprint density at radius 1 is 1.09 bits per heavy atom. The summed E-state index contributed by atoms with van der Waals surface area (Å²) in [7, 11) is 1.62. The molecule has 0 aliphatic carbocycles. The first-order valence-electron chi connectivity index (χ1n) is 11.1. The van der Waals surface area contributed by atoms with Crippen molar-refractivity contribution in [2.45, 2.75) is 38.6 Å². The molecule has 0 saturated carbocycles. The molecule has 174 valence electrons. The number of urea groups is 1. The second kappa shape index (κ2) is 9.54. The molecule has 8 nitrogen and oxygen atoms in total. The summed E-state index contributed by atoms with van der Waals surface area (Å²) in [5, 5.41) is 20.4. The fourth-order valence-corrected chi connectivity index (χ4v) is 3.95. The number of amides is 2. The van der Waals surface area contributed by atoms with Gasteiger partial charge in [-0.2, -0.15) is 0 Å². The molecule has 0 atom stereocenters. The van der Waals surface area contributed by atoms with Crippen molar-refractivity contribution < 1.29 is 24.3 Å². The van der Waals surface area contributed by atoms with E-state index >= 15 is 0 Å². The molecule has 4 rings (SSSR count). The van der Waals surface area contributed by atoms with Gasteiger partial charge in [-0.1, -0.05) is 0 Å². The summed E-state index contributed by atoms with van der Waals surface area (Å²) in [5.41, 5.74) is 2.42. The van der Waals surface area contributed by atoms with Gasteiger partial charge in [-0.3, -0.25) is 5.21 Å². The van der Waals surface area contributed by atoms with Gasteiger partial charge in [-0.25, -0.2) is 14.8 Å². The Morgan fingerprint density at radius 2 is 1.70 bits per heavy atom. The summed E-state index contributed by atoms with van der Waals surface area (Å²) < 4.78 is 11.6. The first-order chi connectivity index (χ1) is 15.9. The Kier molecular flexibility index (Phi) is 6.55. The highest BCUT2D eigenvalue weighted by Crippen LogP contribution is 2.38. The summed E-state index contributed by atoms with van der Waals surface area (Å²) in [6.07, 6.45) is 1.38. The number of carbonyl (C=O) groups excluding carboxylic acids is 1. The minimum Gasteiger partial charge on any atom is -0.508 e. The number of hydrogen-bond donors (Lipinski definition) is 2. The fraction of sp³-hybridized carbons (Fsp3) is 0.360. The first-order valence-corrected chi connectivity index (χ1v) is 11.1. The van der Waals surface area contributed by atoms with Gasteiger partial charge in [0, 0.05) is 30.1 Å². The zero-order chi connectivity index (χ0) is 23.5. The smallest absolute Gasteiger partial charge is 0.343 e. The van der Waals surface area contributed by atoms with Crippen LogP contribution in [0, 0.1) is 0 Å². The van der Waals surface area contributed by atoms with Crippen molar-refractivity contribution in [2.24, 2.45) is 0 Å². The van der Waals surface area contributed by atoms with E-state index in [0.717, 1.165) is 21.9 Å². The van der Waals surface area contributed by atoms with Crippen LogP contribution in [0.3, 0.4) is 0 Å². The van der Waals surface area contributed by atoms with Crippen molar-refractivity contribution in [3.8, 4) is 34.1 Å². The number of phenols is 1. The lowest BCUT2D eigenvalue weighted by Gasteiger charge is -2.33. The number of ether oxygens (including phenoxy) is 1. The normalized spacial score (nSPS) is 14.5. The van der Waals surface area contributed by atoms with Gasteiger partial charge in [-0.05, 0) is 75.2 Å². The second-order valence-electron chi connectivity index (χ2n) is 8.49. The number of hydroxylamine groups is 2. The molecule has 0 spiro atoms. The molecule has 0 radical (unpaired) electrons. The maximum atomic E-state index is 12.4. The summed E-state index contributed by atoms with van der Waals surface area (Å²) in [5.74, 6) is 2.27. The molecule has 1 aliphatic rings. The summed E-state index contributed by atoms with van der Waals surface area (Å²) in [6.45, 7) is 4.57. The molecule has 0 unspecified atom stereocenters. The SMILES string of the molecule is COc1ccc(-c2oc(C3CCN(C(=O)N(O)C(C)C)CC3)nc2-c2ccc(O)cc2)cc1. The third kappa shape index (κ3) is 4.80. The third-order valence-corrected chi connectivity index (χ3v) is 5.94.